The van der Waals surface area contributed by atoms with E-state index in [-0.39, 0.29) is 29.3 Å². The van der Waals surface area contributed by atoms with Crippen molar-refractivity contribution >= 4 is 22.9 Å². The summed E-state index contributed by atoms with van der Waals surface area (Å²) in [6.07, 6.45) is 3.46. The van der Waals surface area contributed by atoms with Crippen LogP contribution in [-0.4, -0.2) is 75.6 Å². The van der Waals surface area contributed by atoms with Crippen molar-refractivity contribution in [3.63, 3.8) is 0 Å². The van der Waals surface area contributed by atoms with Crippen molar-refractivity contribution < 1.29 is 18.7 Å². The first-order valence-corrected chi connectivity index (χ1v) is 11.1. The molecule has 5 rings (SSSR count). The number of rotatable bonds is 5. The van der Waals surface area contributed by atoms with E-state index in [1.54, 1.807) is 26.5 Å². The molecule has 11 heteroatoms. The molecular weight excluding hydrogens is 453 g/mol. The zero-order chi connectivity index (χ0) is 24.5. The highest BCUT2D eigenvalue weighted by atomic mass is 19.1. The zero-order valence-electron chi connectivity index (χ0n) is 19.5. The molecule has 1 aliphatic rings. The van der Waals surface area contributed by atoms with Crippen LogP contribution in [0.4, 0.5) is 10.3 Å². The molecular formula is C24H24FN7O3. The van der Waals surface area contributed by atoms with E-state index >= 15 is 0 Å². The van der Waals surface area contributed by atoms with Crippen molar-refractivity contribution in [1.82, 2.24) is 29.8 Å². The van der Waals surface area contributed by atoms with Gasteiger partial charge in [-0.15, -0.1) is 0 Å². The van der Waals surface area contributed by atoms with Gasteiger partial charge in [-0.05, 0) is 37.3 Å². The molecule has 35 heavy (non-hydrogen) atoms. The summed E-state index contributed by atoms with van der Waals surface area (Å²) in [5.41, 5.74) is 1.62. The van der Waals surface area contributed by atoms with Crippen LogP contribution in [0.25, 0.3) is 22.4 Å². The first-order chi connectivity index (χ1) is 16.9. The summed E-state index contributed by atoms with van der Waals surface area (Å²) < 4.78 is 26.1. The van der Waals surface area contributed by atoms with Gasteiger partial charge in [0.25, 0.3) is 5.91 Å². The van der Waals surface area contributed by atoms with Crippen molar-refractivity contribution in [2.24, 2.45) is 0 Å². The number of H-pyrrole nitrogens is 1. The minimum Gasteiger partial charge on any atom is -0.421 e. The van der Waals surface area contributed by atoms with E-state index in [1.807, 2.05) is 24.0 Å². The Bertz CT molecular complexity index is 1390. The van der Waals surface area contributed by atoms with Crippen molar-refractivity contribution in [2.75, 3.05) is 38.8 Å². The van der Waals surface area contributed by atoms with Crippen LogP contribution in [0.2, 0.25) is 0 Å². The van der Waals surface area contributed by atoms with Gasteiger partial charge in [0.1, 0.15) is 5.65 Å². The molecule has 1 fully saturated rings. The highest BCUT2D eigenvalue weighted by Gasteiger charge is 2.24. The molecule has 1 aliphatic heterocycles. The smallest absolute Gasteiger partial charge is 0.327 e. The van der Waals surface area contributed by atoms with E-state index in [2.05, 4.69) is 24.9 Å². The lowest BCUT2D eigenvalue weighted by atomic mass is 10.2. The minimum absolute atomic E-state index is 0.0326. The molecule has 1 saturated heterocycles. The molecule has 10 nitrogen and oxygen atoms in total. The maximum absolute atomic E-state index is 14.8. The average Bonchev–Trinajstić information content (AvgIpc) is 3.33. The van der Waals surface area contributed by atoms with Crippen LogP contribution in [0.15, 0.2) is 42.7 Å². The number of anilines is 1. The number of amides is 1. The fourth-order valence-electron chi connectivity index (χ4n) is 3.81. The second-order valence-electron chi connectivity index (χ2n) is 8.45. The SMILES string of the molecule is C[C@H]1COCCN1c1nc(Oc2ccc(C(=O)N(C)C)cc2F)nc(-c2cnc3[nH]ccc3c2)n1. The number of ether oxygens (including phenoxy) is 2. The number of halogens is 1. The largest absolute Gasteiger partial charge is 0.421 e. The molecule has 0 unspecified atom stereocenters. The number of nitrogens with zero attached hydrogens (tertiary/aromatic N) is 6. The summed E-state index contributed by atoms with van der Waals surface area (Å²) in [6, 6.07) is 7.80. The van der Waals surface area contributed by atoms with Crippen LogP contribution in [0.3, 0.4) is 0 Å². The summed E-state index contributed by atoms with van der Waals surface area (Å²) >= 11 is 0. The predicted octanol–water partition coefficient (Wildman–Crippen LogP) is 3.27. The lowest BCUT2D eigenvalue weighted by molar-refractivity contribution is 0.0827. The number of carbonyl (C=O) groups is 1. The molecule has 3 aromatic heterocycles. The molecule has 0 aliphatic carbocycles. The quantitative estimate of drug-likeness (QED) is 0.467. The monoisotopic (exact) mass is 477 g/mol. The molecule has 1 N–H and O–H groups in total. The molecule has 0 spiro atoms. The number of fused-ring (bicyclic) bond motifs is 1. The number of morpholine rings is 1. The Hall–Kier alpha value is -4.12. The number of carbonyl (C=O) groups excluding carboxylic acids is 1. The first kappa shape index (κ1) is 22.7. The Morgan fingerprint density at radius 1 is 1.23 bits per heavy atom. The molecule has 1 atom stereocenters. The van der Waals surface area contributed by atoms with Crippen molar-refractivity contribution in [3.8, 4) is 23.1 Å². The maximum Gasteiger partial charge on any atom is 0.327 e. The van der Waals surface area contributed by atoms with Gasteiger partial charge in [-0.25, -0.2) is 9.37 Å². The van der Waals surface area contributed by atoms with Crippen LogP contribution in [0.1, 0.15) is 17.3 Å². The van der Waals surface area contributed by atoms with Gasteiger partial charge >= 0.3 is 6.01 Å². The number of benzene rings is 1. The van der Waals surface area contributed by atoms with E-state index < -0.39 is 5.82 Å². The summed E-state index contributed by atoms with van der Waals surface area (Å²) in [6.45, 7) is 3.67. The summed E-state index contributed by atoms with van der Waals surface area (Å²) in [7, 11) is 3.20. The van der Waals surface area contributed by atoms with Gasteiger partial charge in [-0.3, -0.25) is 4.79 Å². The molecule has 4 heterocycles. The third-order valence-electron chi connectivity index (χ3n) is 5.67. The number of hydrogen-bond donors (Lipinski definition) is 1. The number of nitrogens with one attached hydrogen (secondary N) is 1. The highest BCUT2D eigenvalue weighted by Crippen LogP contribution is 2.28. The third kappa shape index (κ3) is 4.62. The maximum atomic E-state index is 14.8. The van der Waals surface area contributed by atoms with Crippen LogP contribution in [0, 0.1) is 5.82 Å². The van der Waals surface area contributed by atoms with Gasteiger partial charge in [0, 0.05) is 49.5 Å². The van der Waals surface area contributed by atoms with Crippen LogP contribution >= 0.6 is 0 Å². The molecule has 180 valence electrons. The molecule has 1 aromatic carbocycles. The molecule has 0 radical (unpaired) electrons. The minimum atomic E-state index is -0.698. The predicted molar refractivity (Wildman–Crippen MR) is 127 cm³/mol. The lowest BCUT2D eigenvalue weighted by Crippen LogP contribution is -2.44. The standard InChI is InChI=1S/C24H24FN7O3/c1-14-13-34-9-8-32(14)23-28-21(17-10-15-6-7-26-20(15)27-12-17)29-24(30-23)35-19-5-4-16(11-18(19)25)22(33)31(2)3/h4-7,10-12,14H,8-9,13H2,1-3H3,(H,26,27)/t14-/m0/s1. The van der Waals surface area contributed by atoms with Crippen molar-refractivity contribution in [3.05, 3.63) is 54.1 Å². The van der Waals surface area contributed by atoms with E-state index in [0.29, 0.717) is 37.1 Å². The third-order valence-corrected chi connectivity index (χ3v) is 5.67. The number of aromatic amines is 1. The average molecular weight is 478 g/mol. The van der Waals surface area contributed by atoms with E-state index in [1.165, 1.54) is 17.0 Å². The van der Waals surface area contributed by atoms with Gasteiger partial charge < -0.3 is 24.3 Å². The van der Waals surface area contributed by atoms with Crippen LogP contribution in [-0.2, 0) is 4.74 Å². The summed E-state index contributed by atoms with van der Waals surface area (Å²) in [5, 5.41) is 0.902. The zero-order valence-corrected chi connectivity index (χ0v) is 19.5. The normalized spacial score (nSPS) is 15.9. The topological polar surface area (TPSA) is 109 Å². The second-order valence-corrected chi connectivity index (χ2v) is 8.45. The molecule has 1 amide bonds. The Kier molecular flexibility index (Phi) is 6.00. The van der Waals surface area contributed by atoms with Gasteiger partial charge in [-0.2, -0.15) is 15.0 Å². The van der Waals surface area contributed by atoms with Crippen molar-refractivity contribution in [2.45, 2.75) is 13.0 Å². The Labute approximate surface area is 200 Å². The lowest BCUT2D eigenvalue weighted by Gasteiger charge is -2.33. The summed E-state index contributed by atoms with van der Waals surface area (Å²) in [4.78, 5) is 36.6. The van der Waals surface area contributed by atoms with Gasteiger partial charge in [-0.1, -0.05) is 0 Å². The number of pyridine rings is 1. The van der Waals surface area contributed by atoms with Gasteiger partial charge in [0.05, 0.1) is 19.3 Å². The molecule has 0 saturated carbocycles. The van der Waals surface area contributed by atoms with Gasteiger partial charge in [0.2, 0.25) is 5.95 Å². The first-order valence-electron chi connectivity index (χ1n) is 11.1. The van der Waals surface area contributed by atoms with Crippen LogP contribution < -0.4 is 9.64 Å². The Morgan fingerprint density at radius 3 is 2.86 bits per heavy atom. The van der Waals surface area contributed by atoms with Crippen LogP contribution in [0.5, 0.6) is 11.8 Å². The fourth-order valence-corrected chi connectivity index (χ4v) is 3.81. The fraction of sp³-hybridized carbons (Fsp3) is 0.292. The van der Waals surface area contributed by atoms with E-state index in [4.69, 9.17) is 9.47 Å². The van der Waals surface area contributed by atoms with E-state index in [9.17, 15) is 9.18 Å². The summed E-state index contributed by atoms with van der Waals surface area (Å²) in [5.74, 6) is -0.364. The Balaban J connectivity index is 1.54. The van der Waals surface area contributed by atoms with E-state index in [0.717, 1.165) is 17.1 Å². The molecule has 4 aromatic rings. The van der Waals surface area contributed by atoms with Gasteiger partial charge in [0.15, 0.2) is 17.4 Å². The highest BCUT2D eigenvalue weighted by molar-refractivity contribution is 5.94. The van der Waals surface area contributed by atoms with Crippen molar-refractivity contribution in [1.29, 1.82) is 0 Å². The number of hydrogen-bond acceptors (Lipinski definition) is 8. The number of aromatic nitrogens is 5. The molecule has 0 bridgehead atoms. The Morgan fingerprint density at radius 2 is 2.09 bits per heavy atom. The second kappa shape index (κ2) is 9.26.